The lowest BCUT2D eigenvalue weighted by atomic mass is 10.0. The van der Waals surface area contributed by atoms with Crippen LogP contribution in [0, 0.1) is 5.92 Å². The number of hydrogen-bond acceptors (Lipinski definition) is 7. The van der Waals surface area contributed by atoms with Gasteiger partial charge in [0.2, 0.25) is 23.6 Å². The van der Waals surface area contributed by atoms with Gasteiger partial charge in [-0.05, 0) is 70.9 Å². The Hall–Kier alpha value is -2.24. The number of carbonyl (C=O) groups is 4. The van der Waals surface area contributed by atoms with Crippen molar-refractivity contribution < 1.29 is 20.5 Å². The molecule has 0 aromatic heterocycles. The zero-order valence-corrected chi connectivity index (χ0v) is 24.3. The average molecular weight is 543 g/mol. The van der Waals surface area contributed by atoms with Crippen LogP contribution in [-0.2, 0) is 19.2 Å². The lowest BCUT2D eigenvalue weighted by molar-refractivity contribution is -0.142. The van der Waals surface area contributed by atoms with E-state index in [4.69, 9.17) is 18.6 Å². The molecule has 0 fully saturated rings. The van der Waals surface area contributed by atoms with Crippen molar-refractivity contribution in [3.63, 3.8) is 0 Å². The van der Waals surface area contributed by atoms with Gasteiger partial charge in [-0.25, -0.2) is 0 Å². The van der Waals surface area contributed by atoms with Gasteiger partial charge < -0.3 is 38.1 Å². The van der Waals surface area contributed by atoms with Crippen LogP contribution in [0.25, 0.3) is 0 Å². The van der Waals surface area contributed by atoms with Crippen LogP contribution < -0.4 is 33.2 Å². The highest BCUT2D eigenvalue weighted by atomic mass is 16.2. The summed E-state index contributed by atoms with van der Waals surface area (Å²) in [6.07, 6.45) is 4.46. The third-order valence-corrected chi connectivity index (χ3v) is 6.29. The van der Waals surface area contributed by atoms with Gasteiger partial charge in [0.25, 0.3) is 0 Å². The molecule has 11 nitrogen and oxygen atoms in total. The van der Waals surface area contributed by atoms with Crippen molar-refractivity contribution >= 4 is 23.6 Å². The van der Waals surface area contributed by atoms with Crippen LogP contribution >= 0.6 is 0 Å². The minimum absolute atomic E-state index is 0.0845. The molecule has 0 spiro atoms. The molecule has 0 bridgehead atoms. The van der Waals surface area contributed by atoms with Gasteiger partial charge in [0.1, 0.15) is 18.1 Å². The van der Waals surface area contributed by atoms with Gasteiger partial charge in [-0.3, -0.25) is 19.2 Å². The third-order valence-electron chi connectivity index (χ3n) is 6.29. The lowest BCUT2D eigenvalue weighted by Crippen LogP contribution is -2.58. The summed E-state index contributed by atoms with van der Waals surface area (Å²) in [4.78, 5) is 53.1. The largest absolute Gasteiger partial charge is 0.368 e. The van der Waals surface area contributed by atoms with Crippen molar-refractivity contribution in [2.45, 2.75) is 123 Å². The van der Waals surface area contributed by atoms with E-state index < -0.39 is 47.8 Å². The molecule has 0 aromatic rings. The van der Waals surface area contributed by atoms with Gasteiger partial charge in [-0.15, -0.1) is 0 Å². The molecule has 222 valence electrons. The van der Waals surface area contributed by atoms with Crippen molar-refractivity contribution in [3.8, 4) is 0 Å². The first kappa shape index (κ1) is 33.8. The Morgan fingerprint density at radius 1 is 0.895 bits per heavy atom. The Morgan fingerprint density at radius 2 is 1.53 bits per heavy atom. The number of unbranched alkanes of at least 4 members (excludes halogenated alkanes) is 2. The van der Waals surface area contributed by atoms with Crippen molar-refractivity contribution in [1.29, 1.82) is 0 Å². The smallest absolute Gasteiger partial charge is 0.245 e. The molecular weight excluding hydrogens is 486 g/mol. The highest BCUT2D eigenvalue weighted by molar-refractivity contribution is 5.94. The number of carbonyl (C=O) groups excluding carboxylic acids is 4. The molecule has 0 heterocycles. The predicted molar refractivity (Wildman–Crippen MR) is 152 cm³/mol. The standard InChI is InChI=1S/C27H55N7O4/c1-7-16-34(20(6)24(30)35)27(38)22(13-9-11-15-31-19(4)5)32-26(37)23(17-18(2)3)33-25(36)21(29)12-8-10-14-28/h18-23,31H,7-17,28-29H2,1-6H3,(H2,30,35)(H,32,37)(H,33,36)/t20-,21-,22-,23-/m0/s1/i1D. The number of amides is 4. The minimum Gasteiger partial charge on any atom is -0.368 e. The van der Waals surface area contributed by atoms with Crippen LogP contribution in [0.5, 0.6) is 0 Å². The summed E-state index contributed by atoms with van der Waals surface area (Å²) >= 11 is 0. The molecule has 0 aliphatic heterocycles. The van der Waals surface area contributed by atoms with E-state index in [1.165, 1.54) is 4.90 Å². The Bertz CT molecular complexity index is 739. The Kier molecular flexibility index (Phi) is 17.6. The molecule has 0 saturated carbocycles. The van der Waals surface area contributed by atoms with E-state index in [0.717, 1.165) is 19.4 Å². The number of rotatable bonds is 21. The van der Waals surface area contributed by atoms with E-state index in [0.29, 0.717) is 51.1 Å². The van der Waals surface area contributed by atoms with Gasteiger partial charge in [0, 0.05) is 14.0 Å². The number of primary amides is 1. The zero-order valence-electron chi connectivity index (χ0n) is 25.3. The van der Waals surface area contributed by atoms with Gasteiger partial charge in [-0.2, -0.15) is 0 Å². The molecule has 4 amide bonds. The molecule has 0 aliphatic rings. The monoisotopic (exact) mass is 542 g/mol. The molecule has 0 saturated heterocycles. The minimum atomic E-state index is -0.908. The maximum Gasteiger partial charge on any atom is 0.245 e. The predicted octanol–water partition coefficient (Wildman–Crippen LogP) is 0.739. The van der Waals surface area contributed by atoms with E-state index in [-0.39, 0.29) is 19.4 Å². The van der Waals surface area contributed by atoms with Crippen LogP contribution in [0.1, 0.15) is 94.3 Å². The second kappa shape index (κ2) is 19.8. The van der Waals surface area contributed by atoms with Gasteiger partial charge in [0.05, 0.1) is 6.04 Å². The first-order chi connectivity index (χ1) is 18.3. The summed E-state index contributed by atoms with van der Waals surface area (Å²) in [5.74, 6) is -1.89. The molecule has 11 heteroatoms. The van der Waals surface area contributed by atoms with E-state index in [9.17, 15) is 19.2 Å². The summed E-state index contributed by atoms with van der Waals surface area (Å²) in [6, 6.07) is -3.09. The second-order valence-electron chi connectivity index (χ2n) is 10.7. The van der Waals surface area contributed by atoms with Crippen LogP contribution in [0.15, 0.2) is 0 Å². The second-order valence-corrected chi connectivity index (χ2v) is 10.7. The molecule has 38 heavy (non-hydrogen) atoms. The molecule has 0 radical (unpaired) electrons. The maximum atomic E-state index is 13.6. The van der Waals surface area contributed by atoms with E-state index >= 15 is 0 Å². The molecule has 4 atom stereocenters. The lowest BCUT2D eigenvalue weighted by Gasteiger charge is -2.32. The van der Waals surface area contributed by atoms with Crippen molar-refractivity contribution in [2.75, 3.05) is 19.6 Å². The summed E-state index contributed by atoms with van der Waals surface area (Å²) < 4.78 is 7.48. The summed E-state index contributed by atoms with van der Waals surface area (Å²) in [5, 5.41) is 8.95. The van der Waals surface area contributed by atoms with E-state index in [1.807, 2.05) is 13.8 Å². The first-order valence-corrected chi connectivity index (χ1v) is 14.0. The molecule has 9 N–H and O–H groups in total. The third kappa shape index (κ3) is 14.6. The fourth-order valence-electron chi connectivity index (χ4n) is 4.03. The molecular formula is C27H55N7O4. The van der Waals surface area contributed by atoms with Crippen LogP contribution in [-0.4, -0.2) is 78.4 Å². The summed E-state index contributed by atoms with van der Waals surface area (Å²) in [5.41, 5.74) is 17.1. The van der Waals surface area contributed by atoms with Gasteiger partial charge in [-0.1, -0.05) is 41.0 Å². The number of nitrogens with two attached hydrogens (primary N) is 3. The fourth-order valence-corrected chi connectivity index (χ4v) is 4.03. The number of hydrogen-bond donors (Lipinski definition) is 6. The maximum absolute atomic E-state index is 13.6. The molecule has 0 aliphatic carbocycles. The van der Waals surface area contributed by atoms with Crippen LogP contribution in [0.3, 0.4) is 0 Å². The normalized spacial score (nSPS) is 14.9. The Labute approximate surface area is 231 Å². The zero-order chi connectivity index (χ0) is 30.0. The summed E-state index contributed by atoms with van der Waals surface area (Å²) in [7, 11) is 0. The Morgan fingerprint density at radius 3 is 2.08 bits per heavy atom. The van der Waals surface area contributed by atoms with Gasteiger partial charge in [0.15, 0.2) is 0 Å². The Balaban J connectivity index is 5.75. The molecule has 0 aromatic carbocycles. The van der Waals surface area contributed by atoms with Gasteiger partial charge >= 0.3 is 0 Å². The first-order valence-electron chi connectivity index (χ1n) is 14.7. The van der Waals surface area contributed by atoms with Crippen molar-refractivity contribution in [3.05, 3.63) is 0 Å². The number of nitrogens with one attached hydrogen (secondary N) is 3. The highest BCUT2D eigenvalue weighted by Crippen LogP contribution is 2.12. The van der Waals surface area contributed by atoms with Crippen molar-refractivity contribution in [1.82, 2.24) is 20.9 Å². The van der Waals surface area contributed by atoms with Crippen LogP contribution in [0.4, 0.5) is 0 Å². The van der Waals surface area contributed by atoms with Crippen molar-refractivity contribution in [2.24, 2.45) is 23.1 Å². The molecule has 0 unspecified atom stereocenters. The molecule has 0 rings (SSSR count). The SMILES string of the molecule is [2H]CCCN(C(=O)[C@H](CCCCNC(C)C)NC(=O)[C@H](CC(C)C)NC(=O)[C@@H](N)CCCCN)[C@@H](C)C(N)=O. The quantitative estimate of drug-likeness (QED) is 0.115. The summed E-state index contributed by atoms with van der Waals surface area (Å²) in [6.45, 7) is 11.1. The fraction of sp³-hybridized carbons (Fsp3) is 0.852. The average Bonchev–Trinajstić information content (AvgIpc) is 2.86. The van der Waals surface area contributed by atoms with E-state index in [2.05, 4.69) is 29.8 Å². The topological polar surface area (TPSA) is 186 Å². The van der Waals surface area contributed by atoms with E-state index in [1.54, 1.807) is 6.92 Å². The highest BCUT2D eigenvalue weighted by Gasteiger charge is 2.33. The van der Waals surface area contributed by atoms with Crippen LogP contribution in [0.2, 0.25) is 0 Å². The number of nitrogens with zero attached hydrogens (tertiary/aromatic N) is 1.